The Balaban J connectivity index is 0.00000144. The van der Waals surface area contributed by atoms with Crippen LogP contribution in [-0.2, 0) is 0 Å². The fourth-order valence-electron chi connectivity index (χ4n) is 2.32. The van der Waals surface area contributed by atoms with Crippen LogP contribution in [0.5, 0.6) is 0 Å². The van der Waals surface area contributed by atoms with Crippen LogP contribution in [0, 0.1) is 6.92 Å². The van der Waals surface area contributed by atoms with Gasteiger partial charge in [-0.05, 0) is 31.2 Å². The number of benzene rings is 1. The highest BCUT2D eigenvalue weighted by Gasteiger charge is 2.06. The molecular weight excluding hydrogens is 300 g/mol. The molecule has 0 fully saturated rings. The summed E-state index contributed by atoms with van der Waals surface area (Å²) in [6.45, 7) is 1.95. The molecule has 0 saturated heterocycles. The van der Waals surface area contributed by atoms with E-state index in [1.54, 1.807) is 12.4 Å². The zero-order chi connectivity index (χ0) is 14.2. The number of hydrogen-bond donors (Lipinski definition) is 2. The molecule has 4 aromatic rings. The van der Waals surface area contributed by atoms with Crippen molar-refractivity contribution in [2.45, 2.75) is 6.92 Å². The number of aromatic amines is 1. The molecule has 0 aliphatic heterocycles. The lowest BCUT2D eigenvalue weighted by Gasteiger charge is -2.08. The largest absolute Gasteiger partial charge is 0.340 e. The van der Waals surface area contributed by atoms with Gasteiger partial charge in [-0.2, -0.15) is 5.10 Å². The van der Waals surface area contributed by atoms with E-state index in [4.69, 9.17) is 0 Å². The van der Waals surface area contributed by atoms with Crippen molar-refractivity contribution < 1.29 is 0 Å². The molecular formula is C15H13ClN6. The number of fused-ring (bicyclic) bond motifs is 2. The van der Waals surface area contributed by atoms with Crippen molar-refractivity contribution in [3.63, 3.8) is 0 Å². The lowest BCUT2D eigenvalue weighted by atomic mass is 10.2. The fraction of sp³-hybridized carbons (Fsp3) is 0.0667. The summed E-state index contributed by atoms with van der Waals surface area (Å²) in [4.78, 5) is 12.8. The quantitative estimate of drug-likeness (QED) is 0.593. The lowest BCUT2D eigenvalue weighted by Crippen LogP contribution is -1.97. The van der Waals surface area contributed by atoms with E-state index in [9.17, 15) is 0 Å². The Morgan fingerprint density at radius 3 is 2.86 bits per heavy atom. The third kappa shape index (κ3) is 2.44. The molecule has 4 rings (SSSR count). The van der Waals surface area contributed by atoms with Gasteiger partial charge in [0.1, 0.15) is 12.1 Å². The summed E-state index contributed by atoms with van der Waals surface area (Å²) < 4.78 is 0. The second-order valence-electron chi connectivity index (χ2n) is 4.86. The van der Waals surface area contributed by atoms with Crippen LogP contribution in [0.25, 0.3) is 21.8 Å². The van der Waals surface area contributed by atoms with E-state index >= 15 is 0 Å². The zero-order valence-corrected chi connectivity index (χ0v) is 12.6. The minimum absolute atomic E-state index is 0. The highest BCUT2D eigenvalue weighted by Crippen LogP contribution is 2.24. The van der Waals surface area contributed by atoms with Gasteiger partial charge < -0.3 is 5.32 Å². The molecule has 3 heterocycles. The number of rotatable bonds is 2. The molecule has 7 heteroatoms. The molecule has 0 aliphatic rings. The van der Waals surface area contributed by atoms with Crippen molar-refractivity contribution in [2.75, 3.05) is 5.32 Å². The van der Waals surface area contributed by atoms with Crippen LogP contribution >= 0.6 is 12.4 Å². The first-order valence-corrected chi connectivity index (χ1v) is 6.57. The SMILES string of the molecule is Cc1cc2c(Nc3ccc4[nH]ncc4c3)ncnc2cn1.Cl. The first-order valence-electron chi connectivity index (χ1n) is 6.57. The Morgan fingerprint density at radius 2 is 1.95 bits per heavy atom. The number of pyridine rings is 1. The lowest BCUT2D eigenvalue weighted by molar-refractivity contribution is 1.12. The Hall–Kier alpha value is -2.73. The van der Waals surface area contributed by atoms with Gasteiger partial charge in [-0.3, -0.25) is 10.1 Å². The second kappa shape index (κ2) is 5.57. The van der Waals surface area contributed by atoms with Gasteiger partial charge in [0.25, 0.3) is 0 Å². The fourth-order valence-corrected chi connectivity index (χ4v) is 2.32. The van der Waals surface area contributed by atoms with Crippen LogP contribution in [0.4, 0.5) is 11.5 Å². The molecule has 0 amide bonds. The van der Waals surface area contributed by atoms with Crippen LogP contribution < -0.4 is 5.32 Å². The number of aryl methyl sites for hydroxylation is 1. The van der Waals surface area contributed by atoms with Gasteiger partial charge in [0.15, 0.2) is 0 Å². The average molecular weight is 313 g/mol. The zero-order valence-electron chi connectivity index (χ0n) is 11.7. The van der Waals surface area contributed by atoms with E-state index in [2.05, 4.69) is 30.5 Å². The van der Waals surface area contributed by atoms with Gasteiger partial charge in [-0.25, -0.2) is 9.97 Å². The van der Waals surface area contributed by atoms with Crippen LogP contribution in [0.15, 0.2) is 43.0 Å². The predicted molar refractivity (Wildman–Crippen MR) is 88.7 cm³/mol. The molecule has 2 N–H and O–H groups in total. The highest BCUT2D eigenvalue weighted by atomic mass is 35.5. The number of hydrogen-bond acceptors (Lipinski definition) is 5. The first kappa shape index (κ1) is 14.2. The third-order valence-electron chi connectivity index (χ3n) is 3.36. The van der Waals surface area contributed by atoms with E-state index in [0.29, 0.717) is 0 Å². The monoisotopic (exact) mass is 312 g/mol. The summed E-state index contributed by atoms with van der Waals surface area (Å²) in [5, 5.41) is 12.3. The number of nitrogens with one attached hydrogen (secondary N) is 2. The highest BCUT2D eigenvalue weighted by molar-refractivity contribution is 5.91. The van der Waals surface area contributed by atoms with Gasteiger partial charge in [-0.1, -0.05) is 0 Å². The average Bonchev–Trinajstić information content (AvgIpc) is 2.95. The van der Waals surface area contributed by atoms with Crippen molar-refractivity contribution in [2.24, 2.45) is 0 Å². The Morgan fingerprint density at radius 1 is 1.05 bits per heavy atom. The van der Waals surface area contributed by atoms with E-state index < -0.39 is 0 Å². The molecule has 0 atom stereocenters. The minimum atomic E-state index is 0. The summed E-state index contributed by atoms with van der Waals surface area (Å²) in [6.07, 6.45) is 5.10. The van der Waals surface area contributed by atoms with Crippen molar-refractivity contribution in [3.8, 4) is 0 Å². The summed E-state index contributed by atoms with van der Waals surface area (Å²) in [7, 11) is 0. The van der Waals surface area contributed by atoms with E-state index in [-0.39, 0.29) is 12.4 Å². The molecule has 0 saturated carbocycles. The van der Waals surface area contributed by atoms with Crippen LogP contribution in [0.3, 0.4) is 0 Å². The summed E-state index contributed by atoms with van der Waals surface area (Å²) in [6, 6.07) is 7.98. The molecule has 0 unspecified atom stereocenters. The predicted octanol–water partition coefficient (Wildman–Crippen LogP) is 3.37. The van der Waals surface area contributed by atoms with Crippen LogP contribution in [0.1, 0.15) is 5.69 Å². The number of anilines is 2. The molecule has 110 valence electrons. The Labute approximate surface area is 132 Å². The van der Waals surface area contributed by atoms with Gasteiger partial charge in [0, 0.05) is 22.2 Å². The number of H-pyrrole nitrogens is 1. The molecule has 3 aromatic heterocycles. The van der Waals surface area contributed by atoms with Crippen molar-refractivity contribution in [1.82, 2.24) is 25.1 Å². The minimum Gasteiger partial charge on any atom is -0.340 e. The van der Waals surface area contributed by atoms with Crippen molar-refractivity contribution >= 4 is 45.7 Å². The maximum atomic E-state index is 4.34. The molecule has 0 spiro atoms. The standard InChI is InChI=1S/C15H12N6.ClH/c1-9-4-12-14(7-16-9)17-8-18-15(12)20-11-2-3-13-10(5-11)6-19-21-13;/h2-8H,1H3,(H,19,21)(H,17,18,20);1H. The molecule has 22 heavy (non-hydrogen) atoms. The van der Waals surface area contributed by atoms with Crippen molar-refractivity contribution in [3.05, 3.63) is 48.7 Å². The third-order valence-corrected chi connectivity index (χ3v) is 3.36. The maximum absolute atomic E-state index is 4.34. The number of halogens is 1. The molecule has 1 aromatic carbocycles. The van der Waals surface area contributed by atoms with E-state index in [1.165, 1.54) is 6.33 Å². The van der Waals surface area contributed by atoms with E-state index in [1.807, 2.05) is 31.2 Å². The maximum Gasteiger partial charge on any atom is 0.141 e. The summed E-state index contributed by atoms with van der Waals surface area (Å²) >= 11 is 0. The Kier molecular flexibility index (Phi) is 3.60. The van der Waals surface area contributed by atoms with Gasteiger partial charge in [0.2, 0.25) is 0 Å². The van der Waals surface area contributed by atoms with E-state index in [0.717, 1.165) is 39.0 Å². The van der Waals surface area contributed by atoms with Crippen LogP contribution in [-0.4, -0.2) is 25.1 Å². The molecule has 0 radical (unpaired) electrons. The second-order valence-corrected chi connectivity index (χ2v) is 4.86. The Bertz CT molecular complexity index is 949. The van der Waals surface area contributed by atoms with Crippen LogP contribution in [0.2, 0.25) is 0 Å². The number of aromatic nitrogens is 5. The molecule has 0 aliphatic carbocycles. The normalized spacial score (nSPS) is 10.6. The summed E-state index contributed by atoms with van der Waals surface area (Å²) in [5.74, 6) is 0.772. The summed E-state index contributed by atoms with van der Waals surface area (Å²) in [5.41, 5.74) is 3.72. The van der Waals surface area contributed by atoms with Crippen molar-refractivity contribution in [1.29, 1.82) is 0 Å². The first-order chi connectivity index (χ1) is 10.3. The number of nitrogens with zero attached hydrogens (tertiary/aromatic N) is 4. The molecule has 6 nitrogen and oxygen atoms in total. The topological polar surface area (TPSA) is 79.4 Å². The van der Waals surface area contributed by atoms with Gasteiger partial charge in [-0.15, -0.1) is 12.4 Å². The smallest absolute Gasteiger partial charge is 0.141 e. The molecule has 0 bridgehead atoms. The van der Waals surface area contributed by atoms with Gasteiger partial charge >= 0.3 is 0 Å². The van der Waals surface area contributed by atoms with Gasteiger partial charge in [0.05, 0.1) is 23.4 Å².